The average Bonchev–Trinajstić information content (AvgIpc) is 3.26. The number of aliphatic hydroxyl groups excluding tert-OH is 1. The number of hydrogen-bond acceptors (Lipinski definition) is 6. The number of anilines is 1. The van der Waals surface area contributed by atoms with Gasteiger partial charge in [-0.25, -0.2) is 4.98 Å². The van der Waals surface area contributed by atoms with Gasteiger partial charge in [0, 0.05) is 38.4 Å². The molecule has 3 aromatic heterocycles. The molecule has 3 aromatic rings. The van der Waals surface area contributed by atoms with Crippen molar-refractivity contribution in [3.05, 3.63) is 36.3 Å². The van der Waals surface area contributed by atoms with Crippen LogP contribution in [-0.2, 0) is 7.05 Å². The van der Waals surface area contributed by atoms with E-state index in [9.17, 15) is 5.11 Å². The SMILES string of the molecule is Cn1ccnc1C(O)C1CCN(c2cc(C3CC3)nn3cnnc23)CC1. The number of aromatic nitrogens is 6. The summed E-state index contributed by atoms with van der Waals surface area (Å²) in [5.41, 5.74) is 3.07. The topological polar surface area (TPSA) is 84.4 Å². The third kappa shape index (κ3) is 2.65. The van der Waals surface area contributed by atoms with Crippen LogP contribution in [0.25, 0.3) is 5.65 Å². The number of hydrogen-bond donors (Lipinski definition) is 1. The molecule has 2 aliphatic rings. The maximum absolute atomic E-state index is 10.7. The van der Waals surface area contributed by atoms with Crippen molar-refractivity contribution < 1.29 is 5.11 Å². The number of imidazole rings is 1. The van der Waals surface area contributed by atoms with E-state index in [1.807, 2.05) is 17.8 Å². The van der Waals surface area contributed by atoms with Crippen LogP contribution in [0.4, 0.5) is 5.69 Å². The first kappa shape index (κ1) is 15.7. The fourth-order valence-corrected chi connectivity index (χ4v) is 3.97. The third-order valence-corrected chi connectivity index (χ3v) is 5.71. The summed E-state index contributed by atoms with van der Waals surface area (Å²) in [5, 5.41) is 23.7. The molecule has 0 radical (unpaired) electrons. The van der Waals surface area contributed by atoms with E-state index in [-0.39, 0.29) is 5.92 Å². The predicted molar refractivity (Wildman–Crippen MR) is 95.9 cm³/mol. The van der Waals surface area contributed by atoms with E-state index in [2.05, 4.69) is 31.2 Å². The van der Waals surface area contributed by atoms with Crippen LogP contribution in [0.1, 0.15) is 49.2 Å². The Balaban J connectivity index is 1.36. The molecule has 8 nitrogen and oxygen atoms in total. The standard InChI is InChI=1S/C18H23N7O/c1-23-9-6-19-18(23)16(26)13-4-7-24(8-5-13)15-10-14(12-2-3-12)22-25-11-20-21-17(15)25/h6,9-13,16,26H,2-5,7-8H2,1H3. The zero-order valence-electron chi connectivity index (χ0n) is 14.9. The van der Waals surface area contributed by atoms with Crippen molar-refractivity contribution in [3.63, 3.8) is 0 Å². The average molecular weight is 353 g/mol. The van der Waals surface area contributed by atoms with Crippen molar-refractivity contribution >= 4 is 11.3 Å². The summed E-state index contributed by atoms with van der Waals surface area (Å²) in [4.78, 5) is 6.67. The number of aliphatic hydroxyl groups is 1. The lowest BCUT2D eigenvalue weighted by atomic mass is 9.90. The first-order valence-electron chi connectivity index (χ1n) is 9.32. The second-order valence-corrected chi connectivity index (χ2v) is 7.49. The van der Waals surface area contributed by atoms with Crippen LogP contribution in [0, 0.1) is 5.92 Å². The predicted octanol–water partition coefficient (Wildman–Crippen LogP) is 1.69. The molecule has 5 rings (SSSR count). The van der Waals surface area contributed by atoms with Crippen molar-refractivity contribution in [2.75, 3.05) is 18.0 Å². The van der Waals surface area contributed by atoms with Crippen molar-refractivity contribution in [3.8, 4) is 0 Å². The zero-order valence-corrected chi connectivity index (χ0v) is 14.9. The molecule has 0 bridgehead atoms. The van der Waals surface area contributed by atoms with Crippen molar-refractivity contribution in [1.82, 2.24) is 29.4 Å². The van der Waals surface area contributed by atoms with Gasteiger partial charge in [-0.3, -0.25) is 0 Å². The lowest BCUT2D eigenvalue weighted by Gasteiger charge is -2.35. The van der Waals surface area contributed by atoms with Gasteiger partial charge in [0.05, 0.1) is 11.4 Å². The number of rotatable bonds is 4. The molecule has 0 spiro atoms. The summed E-state index contributed by atoms with van der Waals surface area (Å²) in [5.74, 6) is 1.57. The summed E-state index contributed by atoms with van der Waals surface area (Å²) in [6, 6.07) is 2.19. The Morgan fingerprint density at radius 2 is 2.00 bits per heavy atom. The van der Waals surface area contributed by atoms with E-state index >= 15 is 0 Å². The van der Waals surface area contributed by atoms with Gasteiger partial charge in [-0.05, 0) is 37.7 Å². The molecule has 1 atom stereocenters. The van der Waals surface area contributed by atoms with Gasteiger partial charge in [0.15, 0.2) is 0 Å². The molecule has 8 heteroatoms. The Kier molecular flexibility index (Phi) is 3.66. The van der Waals surface area contributed by atoms with Crippen LogP contribution in [0.2, 0.25) is 0 Å². The second-order valence-electron chi connectivity index (χ2n) is 7.49. The van der Waals surface area contributed by atoms with Crippen LogP contribution in [0.5, 0.6) is 0 Å². The molecule has 2 fully saturated rings. The largest absolute Gasteiger partial charge is 0.385 e. The highest BCUT2D eigenvalue weighted by molar-refractivity contribution is 5.68. The van der Waals surface area contributed by atoms with Crippen LogP contribution in [-0.4, -0.2) is 47.6 Å². The molecule has 1 saturated carbocycles. The number of nitrogens with zero attached hydrogens (tertiary/aromatic N) is 7. The minimum atomic E-state index is -0.510. The van der Waals surface area contributed by atoms with Gasteiger partial charge in [-0.2, -0.15) is 9.61 Å². The van der Waals surface area contributed by atoms with E-state index in [0.29, 0.717) is 5.92 Å². The van der Waals surface area contributed by atoms with Gasteiger partial charge in [0.2, 0.25) is 5.65 Å². The second kappa shape index (κ2) is 6.05. The highest BCUT2D eigenvalue weighted by Crippen LogP contribution is 2.41. The fraction of sp³-hybridized carbons (Fsp3) is 0.556. The molecular formula is C18H23N7O. The minimum Gasteiger partial charge on any atom is -0.385 e. The Morgan fingerprint density at radius 3 is 2.69 bits per heavy atom. The Labute approximate surface area is 151 Å². The Hall–Kier alpha value is -2.48. The van der Waals surface area contributed by atoms with Crippen molar-refractivity contribution in [1.29, 1.82) is 0 Å². The monoisotopic (exact) mass is 353 g/mol. The highest BCUT2D eigenvalue weighted by Gasteiger charge is 2.31. The normalized spacial score (nSPS) is 20.0. The van der Waals surface area contributed by atoms with Gasteiger partial charge in [0.25, 0.3) is 0 Å². The van der Waals surface area contributed by atoms with E-state index in [4.69, 9.17) is 0 Å². The van der Waals surface area contributed by atoms with Gasteiger partial charge >= 0.3 is 0 Å². The zero-order chi connectivity index (χ0) is 17.7. The molecule has 0 aromatic carbocycles. The molecule has 26 heavy (non-hydrogen) atoms. The van der Waals surface area contributed by atoms with Gasteiger partial charge in [-0.15, -0.1) is 10.2 Å². The van der Waals surface area contributed by atoms with E-state index in [1.54, 1.807) is 17.0 Å². The van der Waals surface area contributed by atoms with Crippen molar-refractivity contribution in [2.45, 2.75) is 37.7 Å². The number of fused-ring (bicyclic) bond motifs is 1. The molecule has 136 valence electrons. The summed E-state index contributed by atoms with van der Waals surface area (Å²) in [6.07, 6.45) is 9.09. The van der Waals surface area contributed by atoms with Gasteiger partial charge < -0.3 is 14.6 Å². The first-order valence-corrected chi connectivity index (χ1v) is 9.32. The smallest absolute Gasteiger partial charge is 0.200 e. The molecule has 4 heterocycles. The third-order valence-electron chi connectivity index (χ3n) is 5.71. The minimum absolute atomic E-state index is 0.228. The molecular weight excluding hydrogens is 330 g/mol. The summed E-state index contributed by atoms with van der Waals surface area (Å²) < 4.78 is 3.71. The summed E-state index contributed by atoms with van der Waals surface area (Å²) >= 11 is 0. The quantitative estimate of drug-likeness (QED) is 0.768. The van der Waals surface area contributed by atoms with E-state index < -0.39 is 6.10 Å². The molecule has 1 aliphatic heterocycles. The van der Waals surface area contributed by atoms with E-state index in [1.165, 1.54) is 12.8 Å². The number of piperidine rings is 1. The molecule has 1 aliphatic carbocycles. The molecule has 1 saturated heterocycles. The van der Waals surface area contributed by atoms with Crippen LogP contribution < -0.4 is 4.90 Å². The lowest BCUT2D eigenvalue weighted by molar-refractivity contribution is 0.0825. The molecule has 1 unspecified atom stereocenters. The first-order chi connectivity index (χ1) is 12.7. The van der Waals surface area contributed by atoms with Crippen molar-refractivity contribution in [2.24, 2.45) is 13.0 Å². The van der Waals surface area contributed by atoms with E-state index in [0.717, 1.165) is 48.8 Å². The Morgan fingerprint density at radius 1 is 1.19 bits per heavy atom. The summed E-state index contributed by atoms with van der Waals surface area (Å²) in [6.45, 7) is 1.78. The van der Waals surface area contributed by atoms with Crippen LogP contribution >= 0.6 is 0 Å². The maximum Gasteiger partial charge on any atom is 0.200 e. The highest BCUT2D eigenvalue weighted by atomic mass is 16.3. The van der Waals surface area contributed by atoms with Gasteiger partial charge in [-0.1, -0.05) is 0 Å². The van der Waals surface area contributed by atoms with Crippen LogP contribution in [0.15, 0.2) is 24.8 Å². The lowest BCUT2D eigenvalue weighted by Crippen LogP contribution is -2.36. The number of aryl methyl sites for hydroxylation is 1. The maximum atomic E-state index is 10.7. The Bertz CT molecular complexity index is 921. The molecule has 0 amide bonds. The van der Waals surface area contributed by atoms with Crippen LogP contribution in [0.3, 0.4) is 0 Å². The van der Waals surface area contributed by atoms with Gasteiger partial charge in [0.1, 0.15) is 18.3 Å². The fourth-order valence-electron chi connectivity index (χ4n) is 3.97. The summed E-state index contributed by atoms with van der Waals surface area (Å²) in [7, 11) is 1.93. The molecule has 1 N–H and O–H groups in total.